The molecule has 1 unspecified atom stereocenters. The lowest BCUT2D eigenvalue weighted by Gasteiger charge is -2.09. The molecule has 1 atom stereocenters. The number of hydrogen-bond donors (Lipinski definition) is 1. The number of nitro benzene ring substituents is 1. The Labute approximate surface area is 104 Å². The van der Waals surface area contributed by atoms with Crippen molar-refractivity contribution in [2.75, 3.05) is 13.2 Å². The van der Waals surface area contributed by atoms with E-state index in [1.807, 2.05) is 0 Å². The number of benzene rings is 1. The third-order valence-electron chi connectivity index (χ3n) is 2.24. The van der Waals surface area contributed by atoms with Gasteiger partial charge >= 0.3 is 0 Å². The Morgan fingerprint density at radius 3 is 2.39 bits per heavy atom. The molecule has 1 aromatic rings. The highest BCUT2D eigenvalue weighted by Crippen LogP contribution is 2.15. The fourth-order valence-corrected chi connectivity index (χ4v) is 2.30. The molecule has 0 aliphatic heterocycles. The van der Waals surface area contributed by atoms with Gasteiger partial charge in [-0.25, -0.2) is 13.1 Å². The van der Waals surface area contributed by atoms with E-state index in [2.05, 4.69) is 4.72 Å². The summed E-state index contributed by atoms with van der Waals surface area (Å²) in [5.41, 5.74) is -0.189. The lowest BCUT2D eigenvalue weighted by Crippen LogP contribution is -2.29. The molecule has 1 rings (SSSR count). The molecule has 0 fully saturated rings. The first-order valence-electron chi connectivity index (χ1n) is 5.17. The van der Waals surface area contributed by atoms with Gasteiger partial charge in [0.25, 0.3) is 5.69 Å². The second-order valence-electron chi connectivity index (χ2n) is 3.86. The van der Waals surface area contributed by atoms with E-state index in [1.54, 1.807) is 6.92 Å². The molecule has 6 nitrogen and oxygen atoms in total. The molecular weight excluding hydrogens is 263 g/mol. The first-order chi connectivity index (χ1) is 8.36. The van der Waals surface area contributed by atoms with Gasteiger partial charge < -0.3 is 0 Å². The van der Waals surface area contributed by atoms with Gasteiger partial charge in [0.15, 0.2) is 0 Å². The lowest BCUT2D eigenvalue weighted by atomic mass is 10.2. The summed E-state index contributed by atoms with van der Waals surface area (Å²) in [7, 11) is -3.75. The van der Waals surface area contributed by atoms with E-state index in [1.165, 1.54) is 0 Å². The monoisotopic (exact) mass is 276 g/mol. The summed E-state index contributed by atoms with van der Waals surface area (Å²) < 4.78 is 37.9. The molecule has 0 aliphatic carbocycles. The maximum atomic E-state index is 12.2. The minimum atomic E-state index is -3.75. The zero-order chi connectivity index (χ0) is 13.8. The summed E-state index contributed by atoms with van der Waals surface area (Å²) >= 11 is 0. The van der Waals surface area contributed by atoms with Gasteiger partial charge in [0.1, 0.15) is 0 Å². The summed E-state index contributed by atoms with van der Waals surface area (Å²) in [6.45, 7) is 0.928. The number of hydrogen-bond acceptors (Lipinski definition) is 4. The summed E-state index contributed by atoms with van der Waals surface area (Å²) in [4.78, 5) is 9.71. The predicted octanol–water partition coefficient (Wildman–Crippen LogP) is 1.48. The molecule has 0 heterocycles. The Kier molecular flexibility index (Phi) is 4.74. The molecule has 1 N–H and O–H groups in total. The van der Waals surface area contributed by atoms with Crippen LogP contribution in [-0.2, 0) is 10.0 Å². The van der Waals surface area contributed by atoms with Gasteiger partial charge in [-0.2, -0.15) is 0 Å². The van der Waals surface area contributed by atoms with Crippen molar-refractivity contribution in [3.8, 4) is 0 Å². The number of alkyl halides is 1. The maximum Gasteiger partial charge on any atom is 0.269 e. The summed E-state index contributed by atoms with van der Waals surface area (Å²) in [6, 6.07) is 4.49. The molecule has 0 saturated heterocycles. The molecule has 0 spiro atoms. The van der Waals surface area contributed by atoms with Crippen LogP contribution in [0.15, 0.2) is 29.2 Å². The molecule has 0 aliphatic rings. The fourth-order valence-electron chi connectivity index (χ4n) is 1.14. The highest BCUT2D eigenvalue weighted by atomic mass is 32.2. The molecule has 0 radical (unpaired) electrons. The van der Waals surface area contributed by atoms with Gasteiger partial charge in [-0.3, -0.25) is 14.5 Å². The Balaban J connectivity index is 2.82. The average Bonchev–Trinajstić information content (AvgIpc) is 2.36. The standard InChI is InChI=1S/C10H13FN2O4S/c1-8(6-11)7-12-18(16,17)10-4-2-9(3-5-10)13(14)15/h2-5,8,12H,6-7H2,1H3. The first kappa shape index (κ1) is 14.5. The maximum absolute atomic E-state index is 12.2. The molecule has 0 bridgehead atoms. The Morgan fingerprint density at radius 1 is 1.39 bits per heavy atom. The molecular formula is C10H13FN2O4S. The van der Waals surface area contributed by atoms with E-state index >= 15 is 0 Å². The molecule has 8 heteroatoms. The summed E-state index contributed by atoms with van der Waals surface area (Å²) in [5.74, 6) is -0.419. The molecule has 1 aromatic carbocycles. The van der Waals surface area contributed by atoms with E-state index in [4.69, 9.17) is 0 Å². The van der Waals surface area contributed by atoms with Crippen molar-refractivity contribution in [3.63, 3.8) is 0 Å². The topological polar surface area (TPSA) is 89.3 Å². The van der Waals surface area contributed by atoms with E-state index in [0.717, 1.165) is 24.3 Å². The normalized spacial score (nSPS) is 13.2. The third kappa shape index (κ3) is 3.74. The number of nitrogens with one attached hydrogen (secondary N) is 1. The van der Waals surface area contributed by atoms with Gasteiger partial charge in [0.05, 0.1) is 16.5 Å². The van der Waals surface area contributed by atoms with Crippen LogP contribution in [0.3, 0.4) is 0 Å². The third-order valence-corrected chi connectivity index (χ3v) is 3.68. The highest BCUT2D eigenvalue weighted by Gasteiger charge is 2.16. The second kappa shape index (κ2) is 5.87. The summed E-state index contributed by atoms with van der Waals surface area (Å²) in [5, 5.41) is 10.4. The van der Waals surface area contributed by atoms with Gasteiger partial charge in [-0.05, 0) is 18.1 Å². The number of rotatable bonds is 6. The quantitative estimate of drug-likeness (QED) is 0.629. The Morgan fingerprint density at radius 2 is 1.94 bits per heavy atom. The van der Waals surface area contributed by atoms with Crippen molar-refractivity contribution in [1.29, 1.82) is 0 Å². The zero-order valence-corrected chi connectivity index (χ0v) is 10.5. The van der Waals surface area contributed by atoms with Crippen LogP contribution >= 0.6 is 0 Å². The van der Waals surface area contributed by atoms with Crippen LogP contribution in [0.4, 0.5) is 10.1 Å². The minimum Gasteiger partial charge on any atom is -0.258 e. The van der Waals surface area contributed by atoms with Crippen molar-refractivity contribution in [3.05, 3.63) is 34.4 Å². The van der Waals surface area contributed by atoms with Crippen LogP contribution in [0.25, 0.3) is 0 Å². The van der Waals surface area contributed by atoms with Crippen molar-refractivity contribution >= 4 is 15.7 Å². The van der Waals surface area contributed by atoms with Gasteiger partial charge in [0, 0.05) is 18.7 Å². The van der Waals surface area contributed by atoms with Crippen molar-refractivity contribution < 1.29 is 17.7 Å². The van der Waals surface area contributed by atoms with Crippen LogP contribution in [-0.4, -0.2) is 26.6 Å². The molecule has 18 heavy (non-hydrogen) atoms. The molecule has 0 aromatic heterocycles. The van der Waals surface area contributed by atoms with Crippen LogP contribution < -0.4 is 4.72 Å². The zero-order valence-electron chi connectivity index (χ0n) is 9.67. The van der Waals surface area contributed by atoms with Gasteiger partial charge in [-0.1, -0.05) is 6.92 Å². The predicted molar refractivity (Wildman–Crippen MR) is 63.4 cm³/mol. The van der Waals surface area contributed by atoms with Crippen LogP contribution in [0, 0.1) is 16.0 Å². The van der Waals surface area contributed by atoms with Crippen LogP contribution in [0.1, 0.15) is 6.92 Å². The number of non-ortho nitro benzene ring substituents is 1. The Hall–Kier alpha value is -1.54. The highest BCUT2D eigenvalue weighted by molar-refractivity contribution is 7.89. The molecule has 0 saturated carbocycles. The second-order valence-corrected chi connectivity index (χ2v) is 5.63. The number of nitrogens with zero attached hydrogens (tertiary/aromatic N) is 1. The SMILES string of the molecule is CC(CF)CNS(=O)(=O)c1ccc([N+](=O)[O-])cc1. The number of nitro groups is 1. The van der Waals surface area contributed by atoms with E-state index in [-0.39, 0.29) is 17.1 Å². The first-order valence-corrected chi connectivity index (χ1v) is 6.65. The minimum absolute atomic E-state index is 0.0180. The Bertz CT molecular complexity index is 515. The van der Waals surface area contributed by atoms with Crippen molar-refractivity contribution in [1.82, 2.24) is 4.72 Å². The molecule has 0 amide bonds. The smallest absolute Gasteiger partial charge is 0.258 e. The van der Waals surface area contributed by atoms with Crippen LogP contribution in [0.2, 0.25) is 0 Å². The van der Waals surface area contributed by atoms with Gasteiger partial charge in [0.2, 0.25) is 10.0 Å². The van der Waals surface area contributed by atoms with Crippen molar-refractivity contribution in [2.45, 2.75) is 11.8 Å². The number of sulfonamides is 1. The van der Waals surface area contributed by atoms with E-state index < -0.39 is 27.5 Å². The number of halogens is 1. The largest absolute Gasteiger partial charge is 0.269 e. The fraction of sp³-hybridized carbons (Fsp3) is 0.400. The lowest BCUT2D eigenvalue weighted by molar-refractivity contribution is -0.384. The van der Waals surface area contributed by atoms with Crippen LogP contribution in [0.5, 0.6) is 0 Å². The van der Waals surface area contributed by atoms with E-state index in [0.29, 0.717) is 0 Å². The van der Waals surface area contributed by atoms with Crippen molar-refractivity contribution in [2.24, 2.45) is 5.92 Å². The summed E-state index contributed by atoms with van der Waals surface area (Å²) in [6.07, 6.45) is 0. The van der Waals surface area contributed by atoms with Gasteiger partial charge in [-0.15, -0.1) is 0 Å². The molecule has 100 valence electrons. The average molecular weight is 276 g/mol. The van der Waals surface area contributed by atoms with E-state index in [9.17, 15) is 22.9 Å².